The zero-order valence-corrected chi connectivity index (χ0v) is 7.25. The second-order valence-electron chi connectivity index (χ2n) is 2.75. The van der Waals surface area contributed by atoms with Crippen LogP contribution in [-0.2, 0) is 6.54 Å². The van der Waals surface area contributed by atoms with E-state index in [2.05, 4.69) is 15.3 Å². The predicted molar refractivity (Wildman–Crippen MR) is 46.6 cm³/mol. The van der Waals surface area contributed by atoms with Crippen molar-refractivity contribution in [2.45, 2.75) is 25.9 Å². The number of H-pyrrole nitrogens is 1. The van der Waals surface area contributed by atoms with Crippen molar-refractivity contribution in [3.63, 3.8) is 0 Å². The van der Waals surface area contributed by atoms with E-state index in [9.17, 15) is 0 Å². The number of nitrogens with one attached hydrogen (secondary N) is 2. The lowest BCUT2D eigenvalue weighted by atomic mass is 10.2. The van der Waals surface area contributed by atoms with Crippen LogP contribution in [0.4, 0.5) is 0 Å². The van der Waals surface area contributed by atoms with Crippen LogP contribution in [0, 0.1) is 0 Å². The molecule has 0 aliphatic rings. The third-order valence-electron chi connectivity index (χ3n) is 1.85. The number of rotatable bonds is 5. The Balaban J connectivity index is 2.25. The van der Waals surface area contributed by atoms with Gasteiger partial charge in [-0.1, -0.05) is 6.92 Å². The summed E-state index contributed by atoms with van der Waals surface area (Å²) in [5.41, 5.74) is 1.04. The van der Waals surface area contributed by atoms with Crippen LogP contribution >= 0.6 is 0 Å². The van der Waals surface area contributed by atoms with E-state index in [1.807, 2.05) is 6.92 Å². The van der Waals surface area contributed by atoms with Gasteiger partial charge >= 0.3 is 0 Å². The highest BCUT2D eigenvalue weighted by molar-refractivity contribution is 4.93. The molecular formula is C8H15N3O. The summed E-state index contributed by atoms with van der Waals surface area (Å²) < 4.78 is 0. The van der Waals surface area contributed by atoms with Crippen molar-refractivity contribution in [1.29, 1.82) is 0 Å². The summed E-state index contributed by atoms with van der Waals surface area (Å²) >= 11 is 0. The molecule has 0 amide bonds. The van der Waals surface area contributed by atoms with Crippen LogP contribution in [0.2, 0.25) is 0 Å². The van der Waals surface area contributed by atoms with E-state index < -0.39 is 0 Å². The van der Waals surface area contributed by atoms with Crippen molar-refractivity contribution >= 4 is 0 Å². The molecular weight excluding hydrogens is 154 g/mol. The number of aliphatic hydroxyl groups is 1. The second-order valence-corrected chi connectivity index (χ2v) is 2.75. The zero-order chi connectivity index (χ0) is 8.81. The van der Waals surface area contributed by atoms with Crippen molar-refractivity contribution in [2.24, 2.45) is 0 Å². The average Bonchev–Trinajstić information content (AvgIpc) is 2.59. The van der Waals surface area contributed by atoms with Crippen LogP contribution in [0.1, 0.15) is 19.0 Å². The maximum Gasteiger partial charge on any atom is 0.0922 e. The average molecular weight is 169 g/mol. The Kier molecular flexibility index (Phi) is 3.76. The lowest BCUT2D eigenvalue weighted by molar-refractivity contribution is 0.238. The molecule has 1 heterocycles. The van der Waals surface area contributed by atoms with E-state index in [0.29, 0.717) is 0 Å². The Labute approximate surface area is 72.0 Å². The topological polar surface area (TPSA) is 60.9 Å². The molecule has 12 heavy (non-hydrogen) atoms. The van der Waals surface area contributed by atoms with Crippen molar-refractivity contribution in [3.05, 3.63) is 18.2 Å². The van der Waals surface area contributed by atoms with Crippen LogP contribution < -0.4 is 5.32 Å². The maximum atomic E-state index is 8.87. The molecule has 0 aliphatic carbocycles. The van der Waals surface area contributed by atoms with Gasteiger partial charge in [-0.05, 0) is 6.42 Å². The molecule has 0 saturated heterocycles. The Morgan fingerprint density at radius 1 is 1.75 bits per heavy atom. The monoisotopic (exact) mass is 169 g/mol. The van der Waals surface area contributed by atoms with Gasteiger partial charge in [0.05, 0.1) is 12.9 Å². The van der Waals surface area contributed by atoms with E-state index in [1.54, 1.807) is 12.5 Å². The molecule has 0 bridgehead atoms. The lowest BCUT2D eigenvalue weighted by Crippen LogP contribution is -2.31. The first-order valence-electron chi connectivity index (χ1n) is 4.18. The third kappa shape index (κ3) is 2.64. The van der Waals surface area contributed by atoms with E-state index in [0.717, 1.165) is 18.7 Å². The molecule has 68 valence electrons. The fourth-order valence-corrected chi connectivity index (χ4v) is 0.974. The number of aromatic nitrogens is 2. The van der Waals surface area contributed by atoms with Gasteiger partial charge in [0.2, 0.25) is 0 Å². The number of nitrogens with zero attached hydrogens (tertiary/aromatic N) is 1. The van der Waals surface area contributed by atoms with Crippen molar-refractivity contribution < 1.29 is 5.11 Å². The minimum Gasteiger partial charge on any atom is -0.395 e. The number of imidazole rings is 1. The minimum atomic E-state index is 0.185. The quantitative estimate of drug-likeness (QED) is 0.593. The van der Waals surface area contributed by atoms with Crippen molar-refractivity contribution in [3.8, 4) is 0 Å². The van der Waals surface area contributed by atoms with Gasteiger partial charge in [0.15, 0.2) is 0 Å². The SMILES string of the molecule is CC[C@@H](CO)NCc1cnc[nH]1. The first-order valence-corrected chi connectivity index (χ1v) is 4.18. The van der Waals surface area contributed by atoms with E-state index in [4.69, 9.17) is 5.11 Å². The molecule has 0 unspecified atom stereocenters. The number of aromatic amines is 1. The van der Waals surface area contributed by atoms with Gasteiger partial charge in [0, 0.05) is 24.5 Å². The molecule has 0 saturated carbocycles. The van der Waals surface area contributed by atoms with Crippen LogP contribution in [0.25, 0.3) is 0 Å². The summed E-state index contributed by atoms with van der Waals surface area (Å²) in [5, 5.41) is 12.1. The molecule has 0 radical (unpaired) electrons. The Morgan fingerprint density at radius 3 is 3.08 bits per heavy atom. The number of hydrogen-bond donors (Lipinski definition) is 3. The van der Waals surface area contributed by atoms with Gasteiger partial charge in [-0.2, -0.15) is 0 Å². The first-order chi connectivity index (χ1) is 5.86. The molecule has 1 atom stereocenters. The fourth-order valence-electron chi connectivity index (χ4n) is 0.974. The van der Waals surface area contributed by atoms with Crippen molar-refractivity contribution in [1.82, 2.24) is 15.3 Å². The van der Waals surface area contributed by atoms with Gasteiger partial charge in [-0.15, -0.1) is 0 Å². The summed E-state index contributed by atoms with van der Waals surface area (Å²) in [6, 6.07) is 0.188. The summed E-state index contributed by atoms with van der Waals surface area (Å²) in [6.45, 7) is 2.96. The van der Waals surface area contributed by atoms with Gasteiger partial charge in [-0.3, -0.25) is 0 Å². The van der Waals surface area contributed by atoms with Crippen LogP contribution in [0.5, 0.6) is 0 Å². The summed E-state index contributed by atoms with van der Waals surface area (Å²) in [5.74, 6) is 0. The fraction of sp³-hybridized carbons (Fsp3) is 0.625. The largest absolute Gasteiger partial charge is 0.395 e. The highest BCUT2D eigenvalue weighted by Crippen LogP contribution is 1.93. The maximum absolute atomic E-state index is 8.87. The third-order valence-corrected chi connectivity index (χ3v) is 1.85. The highest BCUT2D eigenvalue weighted by Gasteiger charge is 2.02. The second kappa shape index (κ2) is 4.90. The van der Waals surface area contributed by atoms with E-state index in [1.165, 1.54) is 0 Å². The molecule has 1 rings (SSSR count). The van der Waals surface area contributed by atoms with Crippen molar-refractivity contribution in [2.75, 3.05) is 6.61 Å². The molecule has 4 nitrogen and oxygen atoms in total. The van der Waals surface area contributed by atoms with Crippen LogP contribution in [0.15, 0.2) is 12.5 Å². The summed E-state index contributed by atoms with van der Waals surface area (Å²) in [6.07, 6.45) is 4.36. The van der Waals surface area contributed by atoms with E-state index in [-0.39, 0.29) is 12.6 Å². The van der Waals surface area contributed by atoms with Gasteiger partial charge in [0.1, 0.15) is 0 Å². The molecule has 0 aliphatic heterocycles. The van der Waals surface area contributed by atoms with Gasteiger partial charge in [0.25, 0.3) is 0 Å². The van der Waals surface area contributed by atoms with Gasteiger partial charge in [-0.25, -0.2) is 4.98 Å². The Morgan fingerprint density at radius 2 is 2.58 bits per heavy atom. The predicted octanol–water partition coefficient (Wildman–Crippen LogP) is 0.270. The molecule has 0 aromatic carbocycles. The standard InChI is InChI=1S/C8H15N3O/c1-2-7(5-12)10-4-8-3-9-6-11-8/h3,6-7,10,12H,2,4-5H2,1H3,(H,9,11)/t7-/m0/s1. The molecule has 0 spiro atoms. The smallest absolute Gasteiger partial charge is 0.0922 e. The van der Waals surface area contributed by atoms with Crippen LogP contribution in [0.3, 0.4) is 0 Å². The van der Waals surface area contributed by atoms with Crippen LogP contribution in [-0.4, -0.2) is 27.7 Å². The molecule has 4 heteroatoms. The number of aliphatic hydroxyl groups excluding tert-OH is 1. The highest BCUT2D eigenvalue weighted by atomic mass is 16.3. The minimum absolute atomic E-state index is 0.185. The first kappa shape index (κ1) is 9.22. The normalized spacial score (nSPS) is 13.2. The van der Waals surface area contributed by atoms with E-state index >= 15 is 0 Å². The lowest BCUT2D eigenvalue weighted by Gasteiger charge is -2.12. The Hall–Kier alpha value is -0.870. The zero-order valence-electron chi connectivity index (χ0n) is 7.25. The molecule has 1 aromatic heterocycles. The van der Waals surface area contributed by atoms with Gasteiger partial charge < -0.3 is 15.4 Å². The summed E-state index contributed by atoms with van der Waals surface area (Å²) in [4.78, 5) is 6.88. The Bertz CT molecular complexity index is 194. The molecule has 0 fully saturated rings. The summed E-state index contributed by atoms with van der Waals surface area (Å²) in [7, 11) is 0. The molecule has 1 aromatic rings. The molecule has 3 N–H and O–H groups in total. The number of hydrogen-bond acceptors (Lipinski definition) is 3.